The molecule has 0 atom stereocenters. The molecule has 23 heavy (non-hydrogen) atoms. The molecule has 0 spiro atoms. The molecule has 2 aromatic rings. The second-order valence-electron chi connectivity index (χ2n) is 5.39. The van der Waals surface area contributed by atoms with Gasteiger partial charge >= 0.3 is 0 Å². The summed E-state index contributed by atoms with van der Waals surface area (Å²) in [6.07, 6.45) is 6.00. The molecule has 0 bridgehead atoms. The summed E-state index contributed by atoms with van der Waals surface area (Å²) < 4.78 is 5.34. The summed E-state index contributed by atoms with van der Waals surface area (Å²) >= 11 is 0. The normalized spacial score (nSPS) is 11.2. The first-order chi connectivity index (χ1) is 11.1. The summed E-state index contributed by atoms with van der Waals surface area (Å²) in [6.45, 7) is 2.59. The van der Waals surface area contributed by atoms with Gasteiger partial charge in [-0.25, -0.2) is 0 Å². The van der Waals surface area contributed by atoms with Crippen LogP contribution in [0.1, 0.15) is 18.1 Å². The number of amides is 1. The third kappa shape index (κ3) is 4.68. The SMILES string of the molecule is COc1ccccc1C(C)=CC(=O)N(C)CCc1ccncc1. The van der Waals surface area contributed by atoms with E-state index in [0.29, 0.717) is 6.54 Å². The van der Waals surface area contributed by atoms with Crippen molar-refractivity contribution in [1.82, 2.24) is 9.88 Å². The number of pyridine rings is 1. The van der Waals surface area contributed by atoms with Gasteiger partial charge in [-0.2, -0.15) is 0 Å². The van der Waals surface area contributed by atoms with Crippen molar-refractivity contribution in [2.75, 3.05) is 20.7 Å². The highest BCUT2D eigenvalue weighted by Crippen LogP contribution is 2.25. The predicted octanol–water partition coefficient (Wildman–Crippen LogP) is 3.19. The number of benzene rings is 1. The zero-order chi connectivity index (χ0) is 16.7. The van der Waals surface area contributed by atoms with Crippen LogP contribution in [-0.2, 0) is 11.2 Å². The van der Waals surface area contributed by atoms with Crippen LogP contribution in [0.5, 0.6) is 5.75 Å². The van der Waals surface area contributed by atoms with Crippen molar-refractivity contribution in [3.63, 3.8) is 0 Å². The van der Waals surface area contributed by atoms with Crippen LogP contribution in [0.3, 0.4) is 0 Å². The van der Waals surface area contributed by atoms with E-state index in [1.165, 1.54) is 5.56 Å². The number of aromatic nitrogens is 1. The molecule has 0 radical (unpaired) electrons. The molecule has 1 heterocycles. The van der Waals surface area contributed by atoms with E-state index in [-0.39, 0.29) is 5.91 Å². The van der Waals surface area contributed by atoms with E-state index >= 15 is 0 Å². The molecule has 1 amide bonds. The van der Waals surface area contributed by atoms with Crippen LogP contribution in [0.25, 0.3) is 5.57 Å². The third-order valence-corrected chi connectivity index (χ3v) is 3.73. The molecule has 0 aliphatic rings. The fraction of sp³-hybridized carbons (Fsp3) is 0.263. The number of para-hydroxylation sites is 1. The minimum absolute atomic E-state index is 0.0116. The lowest BCUT2D eigenvalue weighted by molar-refractivity contribution is -0.124. The van der Waals surface area contributed by atoms with E-state index in [9.17, 15) is 4.79 Å². The number of carbonyl (C=O) groups excluding carboxylic acids is 1. The minimum atomic E-state index is -0.0116. The summed E-state index contributed by atoms with van der Waals surface area (Å²) in [6, 6.07) is 11.6. The minimum Gasteiger partial charge on any atom is -0.496 e. The van der Waals surface area contributed by atoms with Gasteiger partial charge in [-0.1, -0.05) is 18.2 Å². The van der Waals surface area contributed by atoms with Crippen molar-refractivity contribution in [3.05, 3.63) is 66.0 Å². The second kappa shape index (κ2) is 8.13. The van der Waals surface area contributed by atoms with Crippen molar-refractivity contribution in [3.8, 4) is 5.75 Å². The summed E-state index contributed by atoms with van der Waals surface area (Å²) in [5, 5.41) is 0. The number of methoxy groups -OCH3 is 1. The van der Waals surface area contributed by atoms with Crippen LogP contribution in [0.4, 0.5) is 0 Å². The lowest BCUT2D eigenvalue weighted by Gasteiger charge is -2.16. The molecular weight excluding hydrogens is 288 g/mol. The molecule has 4 heteroatoms. The van der Waals surface area contributed by atoms with E-state index in [2.05, 4.69) is 4.98 Å². The van der Waals surface area contributed by atoms with Crippen LogP contribution in [0.15, 0.2) is 54.9 Å². The topological polar surface area (TPSA) is 42.4 Å². The van der Waals surface area contributed by atoms with Crippen molar-refractivity contribution in [2.45, 2.75) is 13.3 Å². The Morgan fingerprint density at radius 1 is 1.22 bits per heavy atom. The molecule has 2 rings (SSSR count). The maximum absolute atomic E-state index is 12.3. The van der Waals surface area contributed by atoms with Gasteiger partial charge in [0.15, 0.2) is 0 Å². The van der Waals surface area contributed by atoms with Crippen molar-refractivity contribution < 1.29 is 9.53 Å². The highest BCUT2D eigenvalue weighted by Gasteiger charge is 2.09. The van der Waals surface area contributed by atoms with Gasteiger partial charge < -0.3 is 9.64 Å². The van der Waals surface area contributed by atoms with Gasteiger partial charge in [0.1, 0.15) is 5.75 Å². The molecule has 0 unspecified atom stereocenters. The summed E-state index contributed by atoms with van der Waals surface area (Å²) in [5.41, 5.74) is 3.00. The molecule has 0 aliphatic heterocycles. The smallest absolute Gasteiger partial charge is 0.246 e. The fourth-order valence-electron chi connectivity index (χ4n) is 2.30. The van der Waals surface area contributed by atoms with Gasteiger partial charge in [-0.3, -0.25) is 9.78 Å². The fourth-order valence-corrected chi connectivity index (χ4v) is 2.30. The summed E-state index contributed by atoms with van der Waals surface area (Å²) in [5.74, 6) is 0.760. The molecule has 0 saturated heterocycles. The highest BCUT2D eigenvalue weighted by molar-refractivity contribution is 5.95. The molecule has 4 nitrogen and oxygen atoms in total. The van der Waals surface area contributed by atoms with Gasteiger partial charge in [-0.05, 0) is 42.7 Å². The average molecular weight is 310 g/mol. The second-order valence-corrected chi connectivity index (χ2v) is 5.39. The van der Waals surface area contributed by atoms with Gasteiger partial charge in [0.25, 0.3) is 0 Å². The molecule has 120 valence electrons. The molecule has 1 aromatic carbocycles. The summed E-state index contributed by atoms with van der Waals surface area (Å²) in [4.78, 5) is 18.1. The lowest BCUT2D eigenvalue weighted by atomic mass is 10.1. The molecule has 0 aliphatic carbocycles. The van der Waals surface area contributed by atoms with E-state index < -0.39 is 0 Å². The van der Waals surface area contributed by atoms with Crippen LogP contribution in [0, 0.1) is 0 Å². The maximum Gasteiger partial charge on any atom is 0.246 e. The number of likely N-dealkylation sites (N-methyl/N-ethyl adjacent to an activating group) is 1. The Balaban J connectivity index is 2.01. The number of hydrogen-bond acceptors (Lipinski definition) is 3. The Kier molecular flexibility index (Phi) is 5.92. The van der Waals surface area contributed by atoms with Crippen LogP contribution in [0.2, 0.25) is 0 Å². The average Bonchev–Trinajstić information content (AvgIpc) is 2.60. The first-order valence-corrected chi connectivity index (χ1v) is 7.57. The van der Waals surface area contributed by atoms with Gasteiger partial charge in [0.2, 0.25) is 5.91 Å². The third-order valence-electron chi connectivity index (χ3n) is 3.73. The first kappa shape index (κ1) is 16.7. The van der Waals surface area contributed by atoms with Crippen LogP contribution in [-0.4, -0.2) is 36.5 Å². The first-order valence-electron chi connectivity index (χ1n) is 7.57. The monoisotopic (exact) mass is 310 g/mol. The van der Waals surface area contributed by atoms with Crippen LogP contribution < -0.4 is 4.74 Å². The Bertz CT molecular complexity index is 681. The quantitative estimate of drug-likeness (QED) is 0.770. The molecule has 1 aromatic heterocycles. The van der Waals surface area contributed by atoms with Gasteiger partial charge in [0, 0.05) is 37.6 Å². The van der Waals surface area contributed by atoms with E-state index in [1.807, 2.05) is 50.4 Å². The number of rotatable bonds is 6. The Morgan fingerprint density at radius 3 is 2.61 bits per heavy atom. The van der Waals surface area contributed by atoms with E-state index in [1.54, 1.807) is 30.5 Å². The van der Waals surface area contributed by atoms with E-state index in [0.717, 1.165) is 23.3 Å². The highest BCUT2D eigenvalue weighted by atomic mass is 16.5. The number of allylic oxidation sites excluding steroid dienone is 1. The van der Waals surface area contributed by atoms with Gasteiger partial charge in [0.05, 0.1) is 7.11 Å². The van der Waals surface area contributed by atoms with Crippen molar-refractivity contribution in [2.24, 2.45) is 0 Å². The predicted molar refractivity (Wildman–Crippen MR) is 92.2 cm³/mol. The molecule has 0 saturated carbocycles. The Labute approximate surface area is 137 Å². The number of ether oxygens (including phenoxy) is 1. The lowest BCUT2D eigenvalue weighted by Crippen LogP contribution is -2.27. The van der Waals surface area contributed by atoms with Crippen molar-refractivity contribution >= 4 is 11.5 Å². The molecular formula is C19H22N2O2. The molecule has 0 N–H and O–H groups in total. The summed E-state index contributed by atoms with van der Waals surface area (Å²) in [7, 11) is 3.45. The van der Waals surface area contributed by atoms with Gasteiger partial charge in [-0.15, -0.1) is 0 Å². The zero-order valence-corrected chi connectivity index (χ0v) is 13.8. The zero-order valence-electron chi connectivity index (χ0n) is 13.8. The Morgan fingerprint density at radius 2 is 1.91 bits per heavy atom. The number of nitrogens with zero attached hydrogens (tertiary/aromatic N) is 2. The number of carbonyl (C=O) groups is 1. The van der Waals surface area contributed by atoms with E-state index in [4.69, 9.17) is 4.74 Å². The maximum atomic E-state index is 12.3. The Hall–Kier alpha value is -2.62. The number of hydrogen-bond donors (Lipinski definition) is 0. The van der Waals surface area contributed by atoms with Crippen molar-refractivity contribution in [1.29, 1.82) is 0 Å². The van der Waals surface area contributed by atoms with Crippen LogP contribution >= 0.6 is 0 Å². The largest absolute Gasteiger partial charge is 0.496 e. The molecule has 0 fully saturated rings. The standard InChI is InChI=1S/C19H22N2O2/c1-15(17-6-4-5-7-18(17)23-3)14-19(22)21(2)13-10-16-8-11-20-12-9-16/h4-9,11-12,14H,10,13H2,1-3H3.